The van der Waals surface area contributed by atoms with Crippen LogP contribution in [0.3, 0.4) is 0 Å². The predicted molar refractivity (Wildman–Crippen MR) is 53.5 cm³/mol. The Morgan fingerprint density at radius 3 is 3.21 bits per heavy atom. The van der Waals surface area contributed by atoms with Gasteiger partial charge in [-0.1, -0.05) is 6.08 Å². The number of allylic oxidation sites excluding steroid dienone is 4. The average Bonchev–Trinajstić information content (AvgIpc) is 2.79. The second-order valence-electron chi connectivity index (χ2n) is 3.09. The Morgan fingerprint density at radius 1 is 1.50 bits per heavy atom. The number of nitrogens with one attached hydrogen (secondary N) is 1. The van der Waals surface area contributed by atoms with Crippen molar-refractivity contribution in [1.82, 2.24) is 25.5 Å². The maximum absolute atomic E-state index is 4.15. The molecule has 6 heteroatoms. The minimum Gasteiger partial charge on any atom is -0.375 e. The predicted octanol–water partition coefficient (Wildman–Crippen LogP) is 0.228. The van der Waals surface area contributed by atoms with Gasteiger partial charge >= 0.3 is 0 Å². The first-order chi connectivity index (χ1) is 6.84. The SMILES string of the molecule is Sc1nnnn1C1=CC2NC2=CC=C1. The van der Waals surface area contributed by atoms with Crippen LogP contribution >= 0.6 is 12.6 Å². The van der Waals surface area contributed by atoms with Crippen LogP contribution in [-0.4, -0.2) is 26.2 Å². The van der Waals surface area contributed by atoms with Crippen molar-refractivity contribution < 1.29 is 0 Å². The molecule has 0 saturated carbocycles. The van der Waals surface area contributed by atoms with Crippen LogP contribution in [0.2, 0.25) is 0 Å². The van der Waals surface area contributed by atoms with Crippen LogP contribution in [-0.2, 0) is 0 Å². The molecule has 1 aromatic heterocycles. The van der Waals surface area contributed by atoms with Crippen molar-refractivity contribution in [1.29, 1.82) is 0 Å². The van der Waals surface area contributed by atoms with E-state index in [2.05, 4.69) is 39.5 Å². The first-order valence-electron chi connectivity index (χ1n) is 4.19. The van der Waals surface area contributed by atoms with Crippen molar-refractivity contribution in [2.45, 2.75) is 11.2 Å². The van der Waals surface area contributed by atoms with Gasteiger partial charge in [0.25, 0.3) is 0 Å². The lowest BCUT2D eigenvalue weighted by Crippen LogP contribution is -2.00. The second-order valence-corrected chi connectivity index (χ2v) is 3.49. The zero-order chi connectivity index (χ0) is 9.54. The number of nitrogens with zero attached hydrogens (tertiary/aromatic N) is 4. The van der Waals surface area contributed by atoms with E-state index in [1.165, 1.54) is 5.70 Å². The monoisotopic (exact) mass is 205 g/mol. The van der Waals surface area contributed by atoms with Gasteiger partial charge in [-0.3, -0.25) is 0 Å². The van der Waals surface area contributed by atoms with E-state index in [9.17, 15) is 0 Å². The molecule has 1 aliphatic heterocycles. The highest BCUT2D eigenvalue weighted by molar-refractivity contribution is 7.80. The van der Waals surface area contributed by atoms with E-state index in [1.807, 2.05) is 18.2 Å². The van der Waals surface area contributed by atoms with Crippen molar-refractivity contribution in [3.63, 3.8) is 0 Å². The van der Waals surface area contributed by atoms with Crippen molar-refractivity contribution in [3.8, 4) is 0 Å². The zero-order valence-electron chi connectivity index (χ0n) is 7.12. The van der Waals surface area contributed by atoms with E-state index in [1.54, 1.807) is 4.68 Å². The molecule has 1 aliphatic carbocycles. The van der Waals surface area contributed by atoms with Crippen LogP contribution in [0.4, 0.5) is 0 Å². The molecule has 0 radical (unpaired) electrons. The lowest BCUT2D eigenvalue weighted by Gasteiger charge is -1.99. The highest BCUT2D eigenvalue weighted by Crippen LogP contribution is 2.24. The molecule has 3 rings (SSSR count). The summed E-state index contributed by atoms with van der Waals surface area (Å²) in [6.07, 6.45) is 8.02. The van der Waals surface area contributed by atoms with Crippen molar-refractivity contribution in [2.24, 2.45) is 0 Å². The molecule has 1 aromatic rings. The fraction of sp³-hybridized carbons (Fsp3) is 0.125. The molecule has 0 amide bonds. The molecule has 1 unspecified atom stereocenters. The summed E-state index contributed by atoms with van der Waals surface area (Å²) < 4.78 is 1.59. The topological polar surface area (TPSA) is 65.5 Å². The van der Waals surface area contributed by atoms with Gasteiger partial charge in [-0.2, -0.15) is 4.68 Å². The maximum Gasteiger partial charge on any atom is 0.210 e. The van der Waals surface area contributed by atoms with Gasteiger partial charge in [0.2, 0.25) is 5.16 Å². The highest BCUT2D eigenvalue weighted by atomic mass is 32.1. The van der Waals surface area contributed by atoms with Crippen LogP contribution < -0.4 is 5.32 Å². The maximum atomic E-state index is 4.15. The van der Waals surface area contributed by atoms with Crippen molar-refractivity contribution in [3.05, 3.63) is 30.0 Å². The number of fused-ring (bicyclic) bond motifs is 1. The molecule has 1 fully saturated rings. The first-order valence-corrected chi connectivity index (χ1v) is 4.64. The molecule has 2 heterocycles. The van der Waals surface area contributed by atoms with Crippen molar-refractivity contribution >= 4 is 18.3 Å². The molecule has 14 heavy (non-hydrogen) atoms. The number of aromatic nitrogens is 4. The Bertz CT molecular complexity index is 470. The largest absolute Gasteiger partial charge is 0.375 e. The molecular formula is C8H7N5S. The summed E-state index contributed by atoms with van der Waals surface area (Å²) in [6, 6.07) is 0.330. The minimum atomic E-state index is 0.330. The van der Waals surface area contributed by atoms with Crippen LogP contribution in [0, 0.1) is 0 Å². The Kier molecular flexibility index (Phi) is 1.51. The molecule has 2 aliphatic rings. The van der Waals surface area contributed by atoms with Crippen molar-refractivity contribution in [2.75, 3.05) is 0 Å². The van der Waals surface area contributed by atoms with Crippen LogP contribution in [0.15, 0.2) is 35.2 Å². The molecular weight excluding hydrogens is 198 g/mol. The van der Waals surface area contributed by atoms with E-state index < -0.39 is 0 Å². The first kappa shape index (κ1) is 7.81. The molecule has 1 N–H and O–H groups in total. The smallest absolute Gasteiger partial charge is 0.210 e. The molecule has 0 aromatic carbocycles. The molecule has 0 spiro atoms. The van der Waals surface area contributed by atoms with Gasteiger partial charge in [-0.25, -0.2) is 0 Å². The molecule has 5 nitrogen and oxygen atoms in total. The Morgan fingerprint density at radius 2 is 2.43 bits per heavy atom. The molecule has 0 bridgehead atoms. The van der Waals surface area contributed by atoms with Gasteiger partial charge in [0.15, 0.2) is 0 Å². The lowest BCUT2D eigenvalue weighted by atomic mass is 10.3. The Hall–Kier alpha value is -1.56. The number of hydrogen-bond donors (Lipinski definition) is 2. The summed E-state index contributed by atoms with van der Waals surface area (Å²) >= 11 is 4.15. The summed E-state index contributed by atoms with van der Waals surface area (Å²) in [5.74, 6) is 0. The Labute approximate surface area is 85.6 Å². The van der Waals surface area contributed by atoms with E-state index in [0.717, 1.165) is 5.70 Å². The molecule has 1 saturated heterocycles. The van der Waals surface area contributed by atoms with Gasteiger partial charge in [-0.05, 0) is 28.7 Å². The van der Waals surface area contributed by atoms with E-state index in [0.29, 0.717) is 11.2 Å². The minimum absolute atomic E-state index is 0.330. The average molecular weight is 205 g/mol. The zero-order valence-corrected chi connectivity index (χ0v) is 8.02. The Balaban J connectivity index is 2.04. The highest BCUT2D eigenvalue weighted by Gasteiger charge is 2.27. The fourth-order valence-corrected chi connectivity index (χ4v) is 1.58. The summed E-state index contributed by atoms with van der Waals surface area (Å²) in [5, 5.41) is 14.8. The number of rotatable bonds is 1. The molecule has 70 valence electrons. The summed E-state index contributed by atoms with van der Waals surface area (Å²) in [4.78, 5) is 0. The number of tetrazole rings is 1. The summed E-state index contributed by atoms with van der Waals surface area (Å²) in [7, 11) is 0. The normalized spacial score (nSPS) is 23.1. The summed E-state index contributed by atoms with van der Waals surface area (Å²) in [5.41, 5.74) is 2.16. The standard InChI is InChI=1S/C8H7N5S/c14-8-10-11-12-13(8)5-2-1-3-6-7(4-5)9-6/h1-4,7,9H,(H,10,12,14). The van der Waals surface area contributed by atoms with Crippen LogP contribution in [0.5, 0.6) is 0 Å². The third kappa shape index (κ3) is 1.15. The van der Waals surface area contributed by atoms with E-state index in [4.69, 9.17) is 0 Å². The lowest BCUT2D eigenvalue weighted by molar-refractivity contribution is 0.777. The van der Waals surface area contributed by atoms with Gasteiger partial charge in [0.05, 0.1) is 11.7 Å². The van der Waals surface area contributed by atoms with Crippen LogP contribution in [0.1, 0.15) is 0 Å². The van der Waals surface area contributed by atoms with Gasteiger partial charge in [0, 0.05) is 5.70 Å². The third-order valence-corrected chi connectivity index (χ3v) is 2.43. The fourth-order valence-electron chi connectivity index (χ4n) is 1.39. The number of hydrogen-bond acceptors (Lipinski definition) is 5. The molecule has 1 atom stereocenters. The summed E-state index contributed by atoms with van der Waals surface area (Å²) in [6.45, 7) is 0. The van der Waals surface area contributed by atoms with Gasteiger partial charge in [0.1, 0.15) is 0 Å². The number of thiol groups is 1. The van der Waals surface area contributed by atoms with Gasteiger partial charge < -0.3 is 5.32 Å². The quantitative estimate of drug-likeness (QED) is 0.509. The second kappa shape index (κ2) is 2.71. The van der Waals surface area contributed by atoms with E-state index >= 15 is 0 Å². The van der Waals surface area contributed by atoms with Crippen LogP contribution in [0.25, 0.3) is 5.70 Å². The van der Waals surface area contributed by atoms with E-state index in [-0.39, 0.29) is 0 Å². The third-order valence-electron chi connectivity index (χ3n) is 2.15. The van der Waals surface area contributed by atoms with Gasteiger partial charge in [-0.15, -0.1) is 17.7 Å².